The second-order valence-corrected chi connectivity index (χ2v) is 5.67. The maximum atomic E-state index is 11.8. The molecule has 1 fully saturated rings. The van der Waals surface area contributed by atoms with Crippen molar-refractivity contribution < 1.29 is 9.53 Å². The van der Waals surface area contributed by atoms with Crippen LogP contribution < -0.4 is 11.1 Å². The average molecular weight is 242 g/mol. The average Bonchev–Trinajstić information content (AvgIpc) is 2.75. The number of rotatable bonds is 6. The number of carbonyl (C=O) groups is 1. The standard InChI is InChI=1S/C13H26N2O2/c1-4-12(2,3)15-11(16)9-17-13(10-14)7-5-6-8-13/h4-10,14H2,1-3H3,(H,15,16). The molecule has 17 heavy (non-hydrogen) atoms. The van der Waals surface area contributed by atoms with Gasteiger partial charge in [-0.25, -0.2) is 0 Å². The van der Waals surface area contributed by atoms with Crippen LogP contribution in [0.4, 0.5) is 0 Å². The Kier molecular flexibility index (Phi) is 4.95. The fourth-order valence-corrected chi connectivity index (χ4v) is 2.15. The molecular formula is C13H26N2O2. The molecule has 4 nitrogen and oxygen atoms in total. The molecule has 0 heterocycles. The molecule has 0 radical (unpaired) electrons. The predicted molar refractivity (Wildman–Crippen MR) is 68.7 cm³/mol. The monoisotopic (exact) mass is 242 g/mol. The van der Waals surface area contributed by atoms with E-state index in [0.29, 0.717) is 6.54 Å². The van der Waals surface area contributed by atoms with Gasteiger partial charge in [0.25, 0.3) is 0 Å². The van der Waals surface area contributed by atoms with Crippen LogP contribution in [0.2, 0.25) is 0 Å². The highest BCUT2D eigenvalue weighted by atomic mass is 16.5. The number of hydrogen-bond acceptors (Lipinski definition) is 3. The fourth-order valence-electron chi connectivity index (χ4n) is 2.15. The van der Waals surface area contributed by atoms with Gasteiger partial charge in [0.05, 0.1) is 5.60 Å². The van der Waals surface area contributed by atoms with Crippen LogP contribution in [0.1, 0.15) is 52.9 Å². The van der Waals surface area contributed by atoms with E-state index in [1.54, 1.807) is 0 Å². The zero-order valence-electron chi connectivity index (χ0n) is 11.3. The van der Waals surface area contributed by atoms with Crippen LogP contribution in [0, 0.1) is 0 Å². The molecule has 1 rings (SSSR count). The first-order valence-corrected chi connectivity index (χ1v) is 6.58. The van der Waals surface area contributed by atoms with Gasteiger partial charge in [0.2, 0.25) is 5.91 Å². The van der Waals surface area contributed by atoms with Crippen molar-refractivity contribution in [1.29, 1.82) is 0 Å². The summed E-state index contributed by atoms with van der Waals surface area (Å²) in [4.78, 5) is 11.8. The first-order chi connectivity index (χ1) is 7.93. The van der Waals surface area contributed by atoms with E-state index < -0.39 is 0 Å². The van der Waals surface area contributed by atoms with Crippen LogP contribution in [0.25, 0.3) is 0 Å². The Hall–Kier alpha value is -0.610. The van der Waals surface area contributed by atoms with Gasteiger partial charge in [0.1, 0.15) is 6.61 Å². The van der Waals surface area contributed by atoms with Crippen molar-refractivity contribution in [3.05, 3.63) is 0 Å². The molecule has 3 N–H and O–H groups in total. The second-order valence-electron chi connectivity index (χ2n) is 5.67. The van der Waals surface area contributed by atoms with Crippen molar-refractivity contribution in [3.63, 3.8) is 0 Å². The van der Waals surface area contributed by atoms with Crippen LogP contribution in [-0.4, -0.2) is 30.2 Å². The normalized spacial score (nSPS) is 19.3. The quantitative estimate of drug-likeness (QED) is 0.743. The maximum Gasteiger partial charge on any atom is 0.246 e. The Morgan fingerprint density at radius 3 is 2.47 bits per heavy atom. The highest BCUT2D eigenvalue weighted by Gasteiger charge is 2.34. The summed E-state index contributed by atoms with van der Waals surface area (Å²) in [5.41, 5.74) is 5.35. The lowest BCUT2D eigenvalue weighted by Gasteiger charge is -2.29. The van der Waals surface area contributed by atoms with Gasteiger partial charge in [-0.3, -0.25) is 4.79 Å². The molecule has 0 atom stereocenters. The molecular weight excluding hydrogens is 216 g/mol. The molecule has 0 spiro atoms. The van der Waals surface area contributed by atoms with E-state index in [4.69, 9.17) is 10.5 Å². The molecule has 100 valence electrons. The molecule has 1 amide bonds. The summed E-state index contributed by atoms with van der Waals surface area (Å²) >= 11 is 0. The summed E-state index contributed by atoms with van der Waals surface area (Å²) < 4.78 is 5.75. The zero-order valence-corrected chi connectivity index (χ0v) is 11.3. The highest BCUT2D eigenvalue weighted by Crippen LogP contribution is 2.32. The number of ether oxygens (including phenoxy) is 1. The lowest BCUT2D eigenvalue weighted by atomic mass is 10.0. The largest absolute Gasteiger partial charge is 0.364 e. The molecule has 0 saturated heterocycles. The van der Waals surface area contributed by atoms with E-state index in [2.05, 4.69) is 12.2 Å². The van der Waals surface area contributed by atoms with Crippen LogP contribution in [0.3, 0.4) is 0 Å². The third-order valence-corrected chi connectivity index (χ3v) is 3.76. The van der Waals surface area contributed by atoms with Crippen LogP contribution in [-0.2, 0) is 9.53 Å². The first kappa shape index (κ1) is 14.5. The molecule has 4 heteroatoms. The van der Waals surface area contributed by atoms with E-state index in [0.717, 1.165) is 32.1 Å². The number of amides is 1. The van der Waals surface area contributed by atoms with Crippen molar-refractivity contribution >= 4 is 5.91 Å². The van der Waals surface area contributed by atoms with E-state index in [1.807, 2.05) is 13.8 Å². The Balaban J connectivity index is 2.37. The van der Waals surface area contributed by atoms with Gasteiger partial charge in [0.15, 0.2) is 0 Å². The summed E-state index contributed by atoms with van der Waals surface area (Å²) in [6.45, 7) is 6.72. The Labute approximate surface area is 104 Å². The molecule has 1 saturated carbocycles. The molecule has 0 aromatic rings. The fraction of sp³-hybridized carbons (Fsp3) is 0.923. The van der Waals surface area contributed by atoms with Gasteiger partial charge in [-0.2, -0.15) is 0 Å². The minimum absolute atomic E-state index is 0.0448. The van der Waals surface area contributed by atoms with Crippen LogP contribution >= 0.6 is 0 Å². The summed E-state index contributed by atoms with van der Waals surface area (Å²) in [7, 11) is 0. The van der Waals surface area contributed by atoms with Crippen LogP contribution in [0.15, 0.2) is 0 Å². The summed E-state index contributed by atoms with van der Waals surface area (Å²) in [5.74, 6) is -0.0448. The lowest BCUT2D eigenvalue weighted by Crippen LogP contribution is -2.47. The number of nitrogens with one attached hydrogen (secondary N) is 1. The minimum atomic E-state index is -0.242. The minimum Gasteiger partial charge on any atom is -0.364 e. The van der Waals surface area contributed by atoms with Gasteiger partial charge < -0.3 is 15.8 Å². The molecule has 0 bridgehead atoms. The summed E-state index contributed by atoms with van der Waals surface area (Å²) in [5, 5.41) is 2.97. The van der Waals surface area contributed by atoms with Gasteiger partial charge in [0, 0.05) is 12.1 Å². The van der Waals surface area contributed by atoms with E-state index in [1.165, 1.54) is 0 Å². The summed E-state index contributed by atoms with van der Waals surface area (Å²) in [6.07, 6.45) is 5.17. The topological polar surface area (TPSA) is 64.3 Å². The molecule has 0 aromatic heterocycles. The SMILES string of the molecule is CCC(C)(C)NC(=O)COC1(CN)CCCC1. The lowest BCUT2D eigenvalue weighted by molar-refractivity contribution is -0.134. The van der Waals surface area contributed by atoms with E-state index in [9.17, 15) is 4.79 Å². The van der Waals surface area contributed by atoms with Crippen molar-refractivity contribution in [3.8, 4) is 0 Å². The summed E-state index contributed by atoms with van der Waals surface area (Å²) in [6, 6.07) is 0. The second kappa shape index (κ2) is 5.83. The molecule has 1 aliphatic carbocycles. The molecule has 0 aromatic carbocycles. The van der Waals surface area contributed by atoms with Gasteiger partial charge >= 0.3 is 0 Å². The van der Waals surface area contributed by atoms with Gasteiger partial charge in [-0.05, 0) is 33.1 Å². The van der Waals surface area contributed by atoms with Crippen molar-refractivity contribution in [2.75, 3.05) is 13.2 Å². The Morgan fingerprint density at radius 2 is 2.00 bits per heavy atom. The number of nitrogens with two attached hydrogens (primary N) is 1. The van der Waals surface area contributed by atoms with Gasteiger partial charge in [-0.1, -0.05) is 19.8 Å². The van der Waals surface area contributed by atoms with E-state index >= 15 is 0 Å². The smallest absolute Gasteiger partial charge is 0.246 e. The van der Waals surface area contributed by atoms with Gasteiger partial charge in [-0.15, -0.1) is 0 Å². The molecule has 1 aliphatic rings. The predicted octanol–water partition coefficient (Wildman–Crippen LogP) is 1.58. The van der Waals surface area contributed by atoms with Crippen molar-refractivity contribution in [2.24, 2.45) is 5.73 Å². The number of carbonyl (C=O) groups excluding carboxylic acids is 1. The van der Waals surface area contributed by atoms with E-state index in [-0.39, 0.29) is 23.7 Å². The first-order valence-electron chi connectivity index (χ1n) is 6.58. The molecule has 0 unspecified atom stereocenters. The zero-order chi connectivity index (χ0) is 12.9. The van der Waals surface area contributed by atoms with Crippen molar-refractivity contribution in [1.82, 2.24) is 5.32 Å². The Morgan fingerprint density at radius 1 is 1.41 bits per heavy atom. The Bertz CT molecular complexity index is 258. The highest BCUT2D eigenvalue weighted by molar-refractivity contribution is 5.78. The third-order valence-electron chi connectivity index (χ3n) is 3.76. The molecule has 0 aliphatic heterocycles. The van der Waals surface area contributed by atoms with Crippen molar-refractivity contribution in [2.45, 2.75) is 64.0 Å². The maximum absolute atomic E-state index is 11.8. The third kappa shape index (κ3) is 4.28. The van der Waals surface area contributed by atoms with Crippen LogP contribution in [0.5, 0.6) is 0 Å². The number of hydrogen-bond donors (Lipinski definition) is 2.